The zero-order valence-electron chi connectivity index (χ0n) is 13.2. The highest BCUT2D eigenvalue weighted by Crippen LogP contribution is 2.56. The first-order valence-corrected chi connectivity index (χ1v) is 7.62. The fraction of sp³-hybridized carbons (Fsp3) is 1.00. The molecule has 0 aromatic rings. The summed E-state index contributed by atoms with van der Waals surface area (Å²) in [5, 5.41) is 0. The van der Waals surface area contributed by atoms with Crippen LogP contribution >= 0.6 is 0 Å². The lowest BCUT2D eigenvalue weighted by Gasteiger charge is -2.50. The standard InChI is InChI=1S/C10H18.3C2H6/c1-9-3-6-10(2,7-4-9)8-5-9;3*1-2/h3-8H2,1-2H3;3*1-2H3. The minimum Gasteiger partial charge on any atom is -0.0683 e. The van der Waals surface area contributed by atoms with Crippen LogP contribution in [0.25, 0.3) is 0 Å². The second-order valence-corrected chi connectivity index (χ2v) is 5.12. The van der Waals surface area contributed by atoms with Gasteiger partial charge in [0, 0.05) is 0 Å². The molecule has 0 heteroatoms. The van der Waals surface area contributed by atoms with Gasteiger partial charge in [0.2, 0.25) is 0 Å². The summed E-state index contributed by atoms with van der Waals surface area (Å²) in [6.45, 7) is 17.0. The van der Waals surface area contributed by atoms with Crippen molar-refractivity contribution in [3.8, 4) is 0 Å². The third kappa shape index (κ3) is 5.37. The predicted octanol–water partition coefficient (Wildman–Crippen LogP) is 6.45. The van der Waals surface area contributed by atoms with Gasteiger partial charge in [0.15, 0.2) is 0 Å². The van der Waals surface area contributed by atoms with Crippen molar-refractivity contribution in [3.05, 3.63) is 0 Å². The van der Waals surface area contributed by atoms with E-state index in [0.717, 1.165) is 10.8 Å². The Morgan fingerprint density at radius 2 is 0.562 bits per heavy atom. The van der Waals surface area contributed by atoms with Crippen molar-refractivity contribution in [1.82, 2.24) is 0 Å². The molecule has 0 aromatic carbocycles. The van der Waals surface area contributed by atoms with Gasteiger partial charge < -0.3 is 0 Å². The lowest BCUT2D eigenvalue weighted by Crippen LogP contribution is -2.37. The van der Waals surface area contributed by atoms with Crippen LogP contribution in [0.15, 0.2) is 0 Å². The Hall–Kier alpha value is 0. The van der Waals surface area contributed by atoms with Crippen LogP contribution in [-0.2, 0) is 0 Å². The Morgan fingerprint density at radius 3 is 0.688 bits per heavy atom. The van der Waals surface area contributed by atoms with E-state index in [-0.39, 0.29) is 0 Å². The van der Waals surface area contributed by atoms with Gasteiger partial charge in [0.25, 0.3) is 0 Å². The molecule has 0 aliphatic heterocycles. The monoisotopic (exact) mass is 228 g/mol. The van der Waals surface area contributed by atoms with E-state index in [0.29, 0.717) is 0 Å². The summed E-state index contributed by atoms with van der Waals surface area (Å²) < 4.78 is 0. The van der Waals surface area contributed by atoms with E-state index in [1.54, 1.807) is 0 Å². The van der Waals surface area contributed by atoms with Crippen LogP contribution in [0.5, 0.6) is 0 Å². The quantitative estimate of drug-likeness (QED) is 0.447. The molecule has 3 aliphatic rings. The fourth-order valence-electron chi connectivity index (χ4n) is 2.56. The largest absolute Gasteiger partial charge is 0.0683 e. The van der Waals surface area contributed by atoms with Gasteiger partial charge >= 0.3 is 0 Å². The van der Waals surface area contributed by atoms with Gasteiger partial charge in [-0.2, -0.15) is 0 Å². The van der Waals surface area contributed by atoms with Crippen LogP contribution < -0.4 is 0 Å². The Morgan fingerprint density at radius 1 is 0.438 bits per heavy atom. The van der Waals surface area contributed by atoms with Gasteiger partial charge in [-0.05, 0) is 49.4 Å². The molecule has 0 spiro atoms. The minimum atomic E-state index is 0.762. The maximum Gasteiger partial charge on any atom is -0.0325 e. The molecule has 16 heavy (non-hydrogen) atoms. The fourth-order valence-corrected chi connectivity index (χ4v) is 2.56. The molecule has 0 unspecified atom stereocenters. The summed E-state index contributed by atoms with van der Waals surface area (Å²) in [6.07, 6.45) is 9.02. The third-order valence-electron chi connectivity index (χ3n) is 4.00. The van der Waals surface area contributed by atoms with Crippen molar-refractivity contribution in [2.24, 2.45) is 10.8 Å². The van der Waals surface area contributed by atoms with E-state index in [4.69, 9.17) is 0 Å². The van der Waals surface area contributed by atoms with Gasteiger partial charge in [-0.3, -0.25) is 0 Å². The SMILES string of the molecule is CC.CC.CC.CC12CCC(C)(CC1)CC2. The molecule has 2 bridgehead atoms. The van der Waals surface area contributed by atoms with Crippen molar-refractivity contribution in [2.45, 2.75) is 93.9 Å². The summed E-state index contributed by atoms with van der Waals surface area (Å²) in [4.78, 5) is 0. The summed E-state index contributed by atoms with van der Waals surface area (Å²) in [6, 6.07) is 0. The van der Waals surface area contributed by atoms with Crippen LogP contribution in [0.4, 0.5) is 0 Å². The van der Waals surface area contributed by atoms with Crippen molar-refractivity contribution >= 4 is 0 Å². The second kappa shape index (κ2) is 9.07. The van der Waals surface area contributed by atoms with Gasteiger partial charge in [0.05, 0.1) is 0 Å². The summed E-state index contributed by atoms with van der Waals surface area (Å²) >= 11 is 0. The average Bonchev–Trinajstić information content (AvgIpc) is 2.39. The Bertz CT molecular complexity index is 104. The summed E-state index contributed by atoms with van der Waals surface area (Å²) in [5.74, 6) is 0. The van der Waals surface area contributed by atoms with Crippen molar-refractivity contribution in [3.63, 3.8) is 0 Å². The molecular formula is C16H36. The van der Waals surface area contributed by atoms with E-state index in [1.807, 2.05) is 41.5 Å². The molecule has 3 aliphatic carbocycles. The van der Waals surface area contributed by atoms with E-state index in [9.17, 15) is 0 Å². The molecule has 100 valence electrons. The van der Waals surface area contributed by atoms with Crippen molar-refractivity contribution in [1.29, 1.82) is 0 Å². The van der Waals surface area contributed by atoms with E-state index in [1.165, 1.54) is 38.5 Å². The van der Waals surface area contributed by atoms with Crippen LogP contribution in [0.3, 0.4) is 0 Å². The smallest absolute Gasteiger partial charge is 0.0325 e. The molecule has 0 N–H and O–H groups in total. The van der Waals surface area contributed by atoms with E-state index >= 15 is 0 Å². The number of hydrogen-bond donors (Lipinski definition) is 0. The number of fused-ring (bicyclic) bond motifs is 3. The van der Waals surface area contributed by atoms with Gasteiger partial charge in [-0.25, -0.2) is 0 Å². The highest BCUT2D eigenvalue weighted by Gasteiger charge is 2.42. The predicted molar refractivity (Wildman–Crippen MR) is 78.0 cm³/mol. The van der Waals surface area contributed by atoms with E-state index < -0.39 is 0 Å². The van der Waals surface area contributed by atoms with Crippen LogP contribution in [0.1, 0.15) is 93.9 Å². The molecule has 0 amide bonds. The number of hydrogen-bond acceptors (Lipinski definition) is 0. The normalized spacial score (nSPS) is 34.5. The summed E-state index contributed by atoms with van der Waals surface area (Å²) in [5.41, 5.74) is 1.52. The molecule has 0 radical (unpaired) electrons. The van der Waals surface area contributed by atoms with Gasteiger partial charge in [-0.1, -0.05) is 55.4 Å². The molecule has 0 nitrogen and oxygen atoms in total. The molecule has 3 rings (SSSR count). The Balaban J connectivity index is 0. The van der Waals surface area contributed by atoms with Crippen molar-refractivity contribution < 1.29 is 0 Å². The van der Waals surface area contributed by atoms with E-state index in [2.05, 4.69) is 13.8 Å². The molecule has 0 heterocycles. The second-order valence-electron chi connectivity index (χ2n) is 5.12. The number of rotatable bonds is 0. The first kappa shape index (κ1) is 18.4. The topological polar surface area (TPSA) is 0 Å². The van der Waals surface area contributed by atoms with Crippen LogP contribution in [0, 0.1) is 10.8 Å². The average molecular weight is 228 g/mol. The molecule has 3 saturated carbocycles. The van der Waals surface area contributed by atoms with Crippen LogP contribution in [-0.4, -0.2) is 0 Å². The third-order valence-corrected chi connectivity index (χ3v) is 4.00. The van der Waals surface area contributed by atoms with Gasteiger partial charge in [-0.15, -0.1) is 0 Å². The Labute approximate surface area is 105 Å². The molecule has 3 fully saturated rings. The van der Waals surface area contributed by atoms with Gasteiger partial charge in [0.1, 0.15) is 0 Å². The van der Waals surface area contributed by atoms with Crippen LogP contribution in [0.2, 0.25) is 0 Å². The summed E-state index contributed by atoms with van der Waals surface area (Å²) in [7, 11) is 0. The first-order valence-electron chi connectivity index (χ1n) is 7.62. The lowest BCUT2D eigenvalue weighted by atomic mass is 9.55. The lowest BCUT2D eigenvalue weighted by molar-refractivity contribution is 0.0164. The zero-order chi connectivity index (χ0) is 13.2. The minimum absolute atomic E-state index is 0.762. The zero-order valence-corrected chi connectivity index (χ0v) is 13.2. The first-order chi connectivity index (χ1) is 7.62. The maximum absolute atomic E-state index is 2.48. The molecule has 0 atom stereocenters. The van der Waals surface area contributed by atoms with Crippen molar-refractivity contribution in [2.75, 3.05) is 0 Å². The highest BCUT2D eigenvalue weighted by molar-refractivity contribution is 4.94. The molecule has 0 saturated heterocycles. The Kier molecular flexibility index (Phi) is 10.4. The highest BCUT2D eigenvalue weighted by atomic mass is 14.5. The molecular weight excluding hydrogens is 192 g/mol. The molecule has 0 aromatic heterocycles. The maximum atomic E-state index is 2.48.